The van der Waals surface area contributed by atoms with Gasteiger partial charge in [-0.3, -0.25) is 19.3 Å². The summed E-state index contributed by atoms with van der Waals surface area (Å²) >= 11 is 0. The predicted molar refractivity (Wildman–Crippen MR) is 60.6 cm³/mol. The molecule has 0 aromatic heterocycles. The van der Waals surface area contributed by atoms with E-state index in [1.165, 1.54) is 12.1 Å². The van der Waals surface area contributed by atoms with E-state index < -0.39 is 36.2 Å². The first kappa shape index (κ1) is 12.7. The van der Waals surface area contributed by atoms with Crippen LogP contribution in [0.1, 0.15) is 27.1 Å². The van der Waals surface area contributed by atoms with Crippen LogP contribution in [0.3, 0.4) is 0 Å². The van der Waals surface area contributed by atoms with Gasteiger partial charge in [-0.25, -0.2) is 4.79 Å². The fourth-order valence-electron chi connectivity index (χ4n) is 1.95. The molecule has 0 saturated heterocycles. The number of hydrogen-bond acceptors (Lipinski definition) is 4. The van der Waals surface area contributed by atoms with Gasteiger partial charge in [-0.15, -0.1) is 0 Å². The highest BCUT2D eigenvalue weighted by Gasteiger charge is 2.43. The first-order chi connectivity index (χ1) is 8.93. The molecule has 98 valence electrons. The highest BCUT2D eigenvalue weighted by atomic mass is 16.4. The zero-order chi connectivity index (χ0) is 14.2. The van der Waals surface area contributed by atoms with E-state index in [0.29, 0.717) is 4.90 Å². The number of hydrogen-bond donors (Lipinski definition) is 2. The second kappa shape index (κ2) is 4.52. The standard InChI is InChI=1S/C12H9NO6/c14-9(15)5-8(12(18)19)13-10(16)6-3-1-2-4-7(6)11(13)17/h1-4,8H,5H2,(H,14,15)(H,18,19)/t8-/m0/s1. The Kier molecular flexibility index (Phi) is 3.04. The first-order valence-corrected chi connectivity index (χ1v) is 5.35. The van der Waals surface area contributed by atoms with Crippen LogP contribution in [0.15, 0.2) is 24.3 Å². The molecule has 1 aromatic carbocycles. The smallest absolute Gasteiger partial charge is 0.327 e. The lowest BCUT2D eigenvalue weighted by Crippen LogP contribution is -2.46. The van der Waals surface area contributed by atoms with Crippen LogP contribution in [0.4, 0.5) is 0 Å². The lowest BCUT2D eigenvalue weighted by Gasteiger charge is -2.20. The summed E-state index contributed by atoms with van der Waals surface area (Å²) in [5.74, 6) is -4.50. The van der Waals surface area contributed by atoms with Crippen molar-refractivity contribution >= 4 is 23.8 Å². The summed E-state index contributed by atoms with van der Waals surface area (Å²) < 4.78 is 0. The van der Waals surface area contributed by atoms with Crippen LogP contribution in [0.25, 0.3) is 0 Å². The fraction of sp³-hybridized carbons (Fsp3) is 0.167. The topological polar surface area (TPSA) is 112 Å². The highest BCUT2D eigenvalue weighted by molar-refractivity contribution is 6.22. The Hall–Kier alpha value is -2.70. The van der Waals surface area contributed by atoms with Crippen molar-refractivity contribution in [3.8, 4) is 0 Å². The molecule has 2 N–H and O–H groups in total. The Balaban J connectivity index is 2.42. The average Bonchev–Trinajstić information content (AvgIpc) is 2.60. The number of carboxylic acids is 2. The molecular formula is C12H9NO6. The summed E-state index contributed by atoms with van der Waals surface area (Å²) in [5.41, 5.74) is 0.174. The lowest BCUT2D eigenvalue weighted by molar-refractivity contribution is -0.147. The minimum atomic E-state index is -1.70. The maximum absolute atomic E-state index is 12.0. The number of amides is 2. The van der Waals surface area contributed by atoms with Gasteiger partial charge in [0.15, 0.2) is 0 Å². The van der Waals surface area contributed by atoms with Gasteiger partial charge < -0.3 is 10.2 Å². The number of carbonyl (C=O) groups excluding carboxylic acids is 2. The highest BCUT2D eigenvalue weighted by Crippen LogP contribution is 2.25. The van der Waals surface area contributed by atoms with Crippen LogP contribution in [0.5, 0.6) is 0 Å². The molecule has 1 heterocycles. The third-order valence-electron chi connectivity index (χ3n) is 2.79. The number of nitrogens with zero attached hydrogens (tertiary/aromatic N) is 1. The Morgan fingerprint density at radius 3 is 1.89 bits per heavy atom. The largest absolute Gasteiger partial charge is 0.481 e. The van der Waals surface area contributed by atoms with Crippen molar-refractivity contribution in [2.24, 2.45) is 0 Å². The Bertz CT molecular complexity index is 559. The van der Waals surface area contributed by atoms with Crippen LogP contribution < -0.4 is 0 Å². The number of fused-ring (bicyclic) bond motifs is 1. The van der Waals surface area contributed by atoms with Gasteiger partial charge in [0.2, 0.25) is 0 Å². The molecule has 0 spiro atoms. The molecule has 1 aliphatic heterocycles. The number of aliphatic carboxylic acids is 2. The van der Waals surface area contributed by atoms with Gasteiger partial charge in [-0.2, -0.15) is 0 Å². The molecule has 0 fully saturated rings. The van der Waals surface area contributed by atoms with E-state index in [-0.39, 0.29) is 11.1 Å². The third kappa shape index (κ3) is 2.05. The molecule has 0 unspecified atom stereocenters. The average molecular weight is 263 g/mol. The van der Waals surface area contributed by atoms with Gasteiger partial charge in [0.1, 0.15) is 6.04 Å². The van der Waals surface area contributed by atoms with Crippen LogP contribution in [0.2, 0.25) is 0 Å². The molecule has 2 amide bonds. The van der Waals surface area contributed by atoms with Gasteiger partial charge >= 0.3 is 11.9 Å². The molecule has 7 nitrogen and oxygen atoms in total. The fourth-order valence-corrected chi connectivity index (χ4v) is 1.95. The molecule has 0 bridgehead atoms. The quantitative estimate of drug-likeness (QED) is 0.751. The normalized spacial score (nSPS) is 15.3. The van der Waals surface area contributed by atoms with Crippen molar-refractivity contribution in [3.05, 3.63) is 35.4 Å². The maximum Gasteiger partial charge on any atom is 0.327 e. The number of imide groups is 1. The van der Waals surface area contributed by atoms with Crippen molar-refractivity contribution < 1.29 is 29.4 Å². The molecule has 2 rings (SSSR count). The summed E-state index contributed by atoms with van der Waals surface area (Å²) in [5, 5.41) is 17.7. The Morgan fingerprint density at radius 1 is 1.05 bits per heavy atom. The zero-order valence-corrected chi connectivity index (χ0v) is 9.57. The molecule has 1 aliphatic rings. The number of benzene rings is 1. The number of rotatable bonds is 4. The lowest BCUT2D eigenvalue weighted by atomic mass is 10.1. The van der Waals surface area contributed by atoms with E-state index >= 15 is 0 Å². The van der Waals surface area contributed by atoms with Gasteiger partial charge in [0, 0.05) is 0 Å². The third-order valence-corrected chi connectivity index (χ3v) is 2.79. The van der Waals surface area contributed by atoms with E-state index in [4.69, 9.17) is 10.2 Å². The minimum Gasteiger partial charge on any atom is -0.481 e. The minimum absolute atomic E-state index is 0.0872. The predicted octanol–water partition coefficient (Wildman–Crippen LogP) is 0.210. The van der Waals surface area contributed by atoms with E-state index in [1.807, 2.05) is 0 Å². The van der Waals surface area contributed by atoms with Crippen LogP contribution in [-0.2, 0) is 9.59 Å². The second-order valence-corrected chi connectivity index (χ2v) is 3.98. The summed E-state index contributed by atoms with van der Waals surface area (Å²) in [6.45, 7) is 0. The summed E-state index contributed by atoms with van der Waals surface area (Å²) in [7, 11) is 0. The first-order valence-electron chi connectivity index (χ1n) is 5.35. The number of carbonyl (C=O) groups is 4. The van der Waals surface area contributed by atoms with Crippen LogP contribution in [0, 0.1) is 0 Å². The molecular weight excluding hydrogens is 254 g/mol. The molecule has 19 heavy (non-hydrogen) atoms. The SMILES string of the molecule is O=C(O)C[C@@H](C(=O)O)N1C(=O)c2ccccc2C1=O. The van der Waals surface area contributed by atoms with Crippen molar-refractivity contribution in [3.63, 3.8) is 0 Å². The van der Waals surface area contributed by atoms with Crippen LogP contribution >= 0.6 is 0 Å². The number of carboxylic acid groups (broad SMARTS) is 2. The summed E-state index contributed by atoms with van der Waals surface area (Å²) in [4.78, 5) is 46.2. The summed E-state index contributed by atoms with van der Waals surface area (Å²) in [6, 6.07) is 4.18. The Labute approximate surface area is 107 Å². The van der Waals surface area contributed by atoms with Crippen molar-refractivity contribution in [1.29, 1.82) is 0 Å². The molecule has 7 heteroatoms. The summed E-state index contributed by atoms with van der Waals surface area (Å²) in [6.07, 6.45) is -0.833. The van der Waals surface area contributed by atoms with Crippen molar-refractivity contribution in [1.82, 2.24) is 4.90 Å². The molecule has 0 saturated carbocycles. The molecule has 1 atom stereocenters. The van der Waals surface area contributed by atoms with Gasteiger partial charge in [-0.1, -0.05) is 12.1 Å². The Morgan fingerprint density at radius 2 is 1.53 bits per heavy atom. The second-order valence-electron chi connectivity index (χ2n) is 3.98. The van der Waals surface area contributed by atoms with Crippen LogP contribution in [-0.4, -0.2) is 44.9 Å². The van der Waals surface area contributed by atoms with Crippen molar-refractivity contribution in [2.45, 2.75) is 12.5 Å². The van der Waals surface area contributed by atoms with E-state index in [9.17, 15) is 19.2 Å². The van der Waals surface area contributed by atoms with Gasteiger partial charge in [0.05, 0.1) is 17.5 Å². The van der Waals surface area contributed by atoms with Crippen molar-refractivity contribution in [2.75, 3.05) is 0 Å². The van der Waals surface area contributed by atoms with Gasteiger partial charge in [-0.05, 0) is 12.1 Å². The maximum atomic E-state index is 12.0. The zero-order valence-electron chi connectivity index (χ0n) is 9.57. The monoisotopic (exact) mass is 263 g/mol. The van der Waals surface area contributed by atoms with Gasteiger partial charge in [0.25, 0.3) is 11.8 Å². The molecule has 0 radical (unpaired) electrons. The van der Waals surface area contributed by atoms with E-state index in [0.717, 1.165) is 0 Å². The molecule has 1 aromatic rings. The van der Waals surface area contributed by atoms with E-state index in [1.54, 1.807) is 12.1 Å². The van der Waals surface area contributed by atoms with E-state index in [2.05, 4.69) is 0 Å². The molecule has 0 aliphatic carbocycles.